The van der Waals surface area contributed by atoms with E-state index in [0.29, 0.717) is 5.56 Å². The molecule has 0 unspecified atom stereocenters. The number of ether oxygens (including phenoxy) is 1. The summed E-state index contributed by atoms with van der Waals surface area (Å²) in [5.74, 6) is -4.10. The Balaban J connectivity index is 2.13. The molecular formula is C16H13N3O6-2. The van der Waals surface area contributed by atoms with Crippen molar-refractivity contribution in [1.82, 2.24) is 15.3 Å². The second-order valence-corrected chi connectivity index (χ2v) is 5.09. The topological polar surface area (TPSA) is 144 Å². The van der Waals surface area contributed by atoms with Gasteiger partial charge < -0.3 is 29.9 Å². The fourth-order valence-corrected chi connectivity index (χ4v) is 2.03. The number of alkyl carbamates (subject to hydrolysis) is 1. The van der Waals surface area contributed by atoms with Gasteiger partial charge in [0.05, 0.1) is 11.9 Å². The van der Waals surface area contributed by atoms with Crippen molar-refractivity contribution in [3.8, 4) is 0 Å². The van der Waals surface area contributed by atoms with Gasteiger partial charge in [-0.2, -0.15) is 0 Å². The first kappa shape index (κ1) is 17.9. The molecule has 2 aromatic rings. The van der Waals surface area contributed by atoms with E-state index in [1.54, 1.807) is 30.3 Å². The zero-order valence-electron chi connectivity index (χ0n) is 12.9. The summed E-state index contributed by atoms with van der Waals surface area (Å²) in [4.78, 5) is 42.1. The number of rotatable bonds is 7. The number of aromatic nitrogens is 2. The van der Waals surface area contributed by atoms with Crippen LogP contribution in [0, 0.1) is 0 Å². The molecule has 0 atom stereocenters. The van der Waals surface area contributed by atoms with Crippen molar-refractivity contribution >= 4 is 18.0 Å². The molecule has 0 bridgehead atoms. The molecule has 1 aromatic heterocycles. The number of nitrogens with zero attached hydrogens (tertiary/aromatic N) is 2. The Morgan fingerprint density at radius 3 is 2.16 bits per heavy atom. The highest BCUT2D eigenvalue weighted by Crippen LogP contribution is 2.13. The summed E-state index contributed by atoms with van der Waals surface area (Å²) >= 11 is 0. The van der Waals surface area contributed by atoms with E-state index in [0.717, 1.165) is 0 Å². The summed E-state index contributed by atoms with van der Waals surface area (Å²) in [6.07, 6.45) is 1.70. The Bertz CT molecular complexity index is 737. The number of nitrogens with one attached hydrogen (secondary N) is 1. The molecule has 0 saturated carbocycles. The monoisotopic (exact) mass is 343 g/mol. The van der Waals surface area contributed by atoms with Crippen LogP contribution in [0.3, 0.4) is 0 Å². The van der Waals surface area contributed by atoms with E-state index in [9.17, 15) is 24.6 Å². The average molecular weight is 343 g/mol. The lowest BCUT2D eigenvalue weighted by atomic mass is 9.92. The quantitative estimate of drug-likeness (QED) is 0.579. The molecule has 130 valence electrons. The summed E-state index contributed by atoms with van der Waals surface area (Å²) in [7, 11) is 0. The Hall–Kier alpha value is -3.49. The average Bonchev–Trinajstić information content (AvgIpc) is 2.60. The molecule has 0 aliphatic carbocycles. The lowest BCUT2D eigenvalue weighted by Gasteiger charge is -2.36. The molecule has 1 heterocycles. The lowest BCUT2D eigenvalue weighted by molar-refractivity contribution is -0.335. The molecule has 9 heteroatoms. The SMILES string of the molecule is O=C(NC(Cc1cncnc1)(C(=O)[O-])C(=O)[O-])OCc1ccccc1. The molecule has 1 aromatic carbocycles. The third kappa shape index (κ3) is 4.50. The van der Waals surface area contributed by atoms with Crippen molar-refractivity contribution < 1.29 is 29.3 Å². The van der Waals surface area contributed by atoms with E-state index < -0.39 is 30.0 Å². The summed E-state index contributed by atoms with van der Waals surface area (Å²) in [5.41, 5.74) is -2.03. The number of carboxylic acid groups (broad SMARTS) is 2. The molecule has 0 aliphatic heterocycles. The maximum Gasteiger partial charge on any atom is 0.408 e. The summed E-state index contributed by atoms with van der Waals surface area (Å²) < 4.78 is 4.86. The Morgan fingerprint density at radius 1 is 1.00 bits per heavy atom. The smallest absolute Gasteiger partial charge is 0.408 e. The van der Waals surface area contributed by atoms with Gasteiger partial charge in [-0.25, -0.2) is 14.8 Å². The predicted molar refractivity (Wildman–Crippen MR) is 78.2 cm³/mol. The predicted octanol–water partition coefficient (Wildman–Crippen LogP) is -1.82. The Kier molecular flexibility index (Phi) is 5.62. The Labute approximate surface area is 142 Å². The van der Waals surface area contributed by atoms with E-state index >= 15 is 0 Å². The van der Waals surface area contributed by atoms with Gasteiger partial charge in [-0.15, -0.1) is 0 Å². The van der Waals surface area contributed by atoms with Crippen molar-refractivity contribution in [2.24, 2.45) is 0 Å². The van der Waals surface area contributed by atoms with Crippen LogP contribution in [0.25, 0.3) is 0 Å². The molecule has 0 radical (unpaired) electrons. The molecule has 1 amide bonds. The van der Waals surface area contributed by atoms with Crippen LogP contribution in [0.4, 0.5) is 4.79 Å². The van der Waals surface area contributed by atoms with Crippen LogP contribution in [0.2, 0.25) is 0 Å². The number of carboxylic acids is 2. The van der Waals surface area contributed by atoms with Gasteiger partial charge in [-0.05, 0) is 11.1 Å². The molecule has 0 aliphatic rings. The summed E-state index contributed by atoms with van der Waals surface area (Å²) in [5, 5.41) is 24.7. The zero-order chi connectivity index (χ0) is 18.3. The lowest BCUT2D eigenvalue weighted by Crippen LogP contribution is -2.70. The van der Waals surface area contributed by atoms with Gasteiger partial charge in [-0.1, -0.05) is 30.3 Å². The maximum absolute atomic E-state index is 11.9. The van der Waals surface area contributed by atoms with Crippen LogP contribution in [0.15, 0.2) is 49.1 Å². The van der Waals surface area contributed by atoms with Crippen LogP contribution < -0.4 is 15.5 Å². The van der Waals surface area contributed by atoms with Gasteiger partial charge in [0.2, 0.25) is 0 Å². The van der Waals surface area contributed by atoms with Gasteiger partial charge >= 0.3 is 6.09 Å². The molecule has 9 nitrogen and oxygen atoms in total. The number of aliphatic carboxylic acids is 2. The number of hydrogen-bond donors (Lipinski definition) is 1. The van der Waals surface area contributed by atoms with Gasteiger partial charge in [0.1, 0.15) is 18.5 Å². The third-order valence-electron chi connectivity index (χ3n) is 3.31. The second kappa shape index (κ2) is 7.86. The summed E-state index contributed by atoms with van der Waals surface area (Å²) in [6.45, 7) is -0.169. The van der Waals surface area contributed by atoms with E-state index in [2.05, 4.69) is 9.97 Å². The van der Waals surface area contributed by atoms with Crippen molar-refractivity contribution in [3.05, 3.63) is 60.2 Å². The van der Waals surface area contributed by atoms with Crippen molar-refractivity contribution in [3.63, 3.8) is 0 Å². The third-order valence-corrected chi connectivity index (χ3v) is 3.31. The van der Waals surface area contributed by atoms with E-state index in [-0.39, 0.29) is 12.2 Å². The van der Waals surface area contributed by atoms with Gasteiger partial charge in [0.25, 0.3) is 0 Å². The minimum absolute atomic E-state index is 0.152. The van der Waals surface area contributed by atoms with E-state index in [1.807, 2.05) is 5.32 Å². The van der Waals surface area contributed by atoms with Gasteiger partial charge in [0, 0.05) is 18.8 Å². The zero-order valence-corrected chi connectivity index (χ0v) is 12.9. The van der Waals surface area contributed by atoms with E-state index in [4.69, 9.17) is 4.74 Å². The van der Waals surface area contributed by atoms with Crippen molar-refractivity contribution in [2.45, 2.75) is 18.6 Å². The van der Waals surface area contributed by atoms with Crippen LogP contribution in [-0.2, 0) is 27.4 Å². The number of amides is 1. The highest BCUT2D eigenvalue weighted by molar-refractivity contribution is 6.04. The molecule has 0 spiro atoms. The molecule has 2 rings (SSSR count). The van der Waals surface area contributed by atoms with Crippen molar-refractivity contribution in [2.75, 3.05) is 0 Å². The standard InChI is InChI=1S/C16H15N3O6/c20-13(21)16(14(22)23,6-12-7-17-10-18-8-12)19-15(24)25-9-11-4-2-1-3-5-11/h1-5,7-8,10H,6,9H2,(H,19,24)(H,20,21)(H,22,23)/p-2. The number of carbonyl (C=O) groups excluding carboxylic acids is 3. The van der Waals surface area contributed by atoms with Crippen LogP contribution in [-0.4, -0.2) is 33.5 Å². The molecule has 1 N–H and O–H groups in total. The van der Waals surface area contributed by atoms with Crippen molar-refractivity contribution in [1.29, 1.82) is 0 Å². The molecule has 25 heavy (non-hydrogen) atoms. The van der Waals surface area contributed by atoms with E-state index in [1.165, 1.54) is 18.7 Å². The Morgan fingerprint density at radius 2 is 1.60 bits per heavy atom. The van der Waals surface area contributed by atoms with Gasteiger partial charge in [-0.3, -0.25) is 0 Å². The number of benzene rings is 1. The number of carbonyl (C=O) groups is 3. The molecule has 0 saturated heterocycles. The minimum Gasteiger partial charge on any atom is -0.547 e. The van der Waals surface area contributed by atoms with Gasteiger partial charge in [0.15, 0.2) is 0 Å². The number of hydrogen-bond acceptors (Lipinski definition) is 8. The molecule has 0 fully saturated rings. The van der Waals surface area contributed by atoms with Crippen LogP contribution >= 0.6 is 0 Å². The fraction of sp³-hybridized carbons (Fsp3) is 0.188. The molecular weight excluding hydrogens is 330 g/mol. The normalized spacial score (nSPS) is 10.7. The largest absolute Gasteiger partial charge is 0.547 e. The first-order valence-corrected chi connectivity index (χ1v) is 7.09. The minimum atomic E-state index is -2.82. The maximum atomic E-state index is 11.9. The second-order valence-electron chi connectivity index (χ2n) is 5.09. The van der Waals surface area contributed by atoms with Crippen LogP contribution in [0.1, 0.15) is 11.1 Å². The highest BCUT2D eigenvalue weighted by Gasteiger charge is 2.36. The van der Waals surface area contributed by atoms with Crippen LogP contribution in [0.5, 0.6) is 0 Å². The fourth-order valence-electron chi connectivity index (χ4n) is 2.03. The summed E-state index contributed by atoms with van der Waals surface area (Å²) in [6, 6.07) is 8.57. The highest BCUT2D eigenvalue weighted by atomic mass is 16.5. The first-order chi connectivity index (χ1) is 11.9. The first-order valence-electron chi connectivity index (χ1n) is 7.09.